The van der Waals surface area contributed by atoms with Crippen LogP contribution in [0.15, 0.2) is 53.7 Å². The third-order valence-corrected chi connectivity index (χ3v) is 9.18. The molecule has 1 aliphatic carbocycles. The third-order valence-electron chi connectivity index (χ3n) is 5.71. The number of hydrogen-bond acceptors (Lipinski definition) is 5. The first-order valence-electron chi connectivity index (χ1n) is 9.93. The molecule has 4 rings (SSSR count). The Bertz CT molecular complexity index is 1130. The number of nitrogens with zero attached hydrogens (tertiary/aromatic N) is 1. The van der Waals surface area contributed by atoms with Gasteiger partial charge in [0.25, 0.3) is 5.91 Å². The Hall–Kier alpha value is -2.32. The van der Waals surface area contributed by atoms with Gasteiger partial charge in [-0.05, 0) is 60.4 Å². The van der Waals surface area contributed by atoms with Crippen LogP contribution in [0.4, 0.5) is 4.39 Å². The molecule has 1 aromatic carbocycles. The summed E-state index contributed by atoms with van der Waals surface area (Å²) >= 11 is 1.38. The Morgan fingerprint density at radius 3 is 2.73 bits per heavy atom. The van der Waals surface area contributed by atoms with E-state index in [1.54, 1.807) is 36.7 Å². The summed E-state index contributed by atoms with van der Waals surface area (Å²) in [4.78, 5) is 17.3. The molecule has 2 heterocycles. The van der Waals surface area contributed by atoms with Crippen LogP contribution >= 0.6 is 11.3 Å². The second-order valence-electron chi connectivity index (χ2n) is 7.82. The average molecular weight is 447 g/mol. The van der Waals surface area contributed by atoms with Crippen molar-refractivity contribution in [2.45, 2.75) is 49.0 Å². The molecule has 30 heavy (non-hydrogen) atoms. The number of aromatic nitrogens is 1. The quantitative estimate of drug-likeness (QED) is 0.625. The summed E-state index contributed by atoms with van der Waals surface area (Å²) in [7, 11) is -3.58. The van der Waals surface area contributed by atoms with E-state index in [9.17, 15) is 17.6 Å². The normalized spacial score (nSPS) is 22.1. The van der Waals surface area contributed by atoms with E-state index >= 15 is 0 Å². The van der Waals surface area contributed by atoms with Gasteiger partial charge in [-0.1, -0.05) is 19.1 Å². The maximum absolute atomic E-state index is 13.8. The van der Waals surface area contributed by atoms with Crippen LogP contribution < -0.4 is 5.32 Å². The van der Waals surface area contributed by atoms with E-state index in [2.05, 4.69) is 10.3 Å². The lowest BCUT2D eigenvalue weighted by atomic mass is 9.89. The summed E-state index contributed by atoms with van der Waals surface area (Å²) in [5.41, 5.74) is 0.796. The van der Waals surface area contributed by atoms with Crippen molar-refractivity contribution in [3.8, 4) is 0 Å². The number of carbonyl (C=O) groups is 1. The number of benzene rings is 1. The molecule has 0 radical (unpaired) electrons. The Kier molecular flexibility index (Phi) is 5.88. The van der Waals surface area contributed by atoms with Crippen LogP contribution in [-0.4, -0.2) is 30.7 Å². The summed E-state index contributed by atoms with van der Waals surface area (Å²) in [6.45, 7) is 2.17. The topological polar surface area (TPSA) is 76.1 Å². The van der Waals surface area contributed by atoms with E-state index in [1.165, 1.54) is 11.3 Å². The molecule has 1 saturated carbocycles. The maximum atomic E-state index is 13.8. The van der Waals surface area contributed by atoms with E-state index in [0.29, 0.717) is 17.7 Å². The van der Waals surface area contributed by atoms with Gasteiger partial charge >= 0.3 is 0 Å². The number of fused-ring (bicyclic) bond motifs is 1. The number of nitrogens with one attached hydrogen (secondary N) is 1. The van der Waals surface area contributed by atoms with E-state index in [-0.39, 0.29) is 29.7 Å². The molecule has 1 aliphatic rings. The fourth-order valence-electron chi connectivity index (χ4n) is 3.90. The summed E-state index contributed by atoms with van der Waals surface area (Å²) in [5, 5.41) is 3.15. The first-order chi connectivity index (χ1) is 14.3. The molecule has 8 heteroatoms. The van der Waals surface area contributed by atoms with Crippen LogP contribution in [0.1, 0.15) is 41.4 Å². The second kappa shape index (κ2) is 8.43. The minimum absolute atomic E-state index is 0.0579. The minimum Gasteiger partial charge on any atom is -0.347 e. The van der Waals surface area contributed by atoms with Crippen LogP contribution in [0.5, 0.6) is 0 Å². The zero-order valence-corrected chi connectivity index (χ0v) is 18.2. The molecule has 5 nitrogen and oxygen atoms in total. The van der Waals surface area contributed by atoms with Gasteiger partial charge in [-0.25, -0.2) is 12.8 Å². The Morgan fingerprint density at radius 1 is 1.23 bits per heavy atom. The van der Waals surface area contributed by atoms with E-state index in [4.69, 9.17) is 0 Å². The van der Waals surface area contributed by atoms with Gasteiger partial charge in [-0.3, -0.25) is 9.78 Å². The molecular weight excluding hydrogens is 423 g/mol. The highest BCUT2D eigenvalue weighted by Crippen LogP contribution is 2.34. The highest BCUT2D eigenvalue weighted by atomic mass is 32.2. The van der Waals surface area contributed by atoms with Crippen molar-refractivity contribution in [2.24, 2.45) is 5.92 Å². The van der Waals surface area contributed by atoms with Gasteiger partial charge < -0.3 is 5.32 Å². The van der Waals surface area contributed by atoms with Crippen molar-refractivity contribution >= 4 is 37.2 Å². The standard InChI is InChI=1S/C22H23FN2O3S2/c1-14-2-5-17(23)11-21(14)30(27,28)18-6-3-15(4-7-18)12-25-22(26)19-10-16-8-9-24-13-20(16)29-19/h3-4,6-10,13-14,17,21H,2,5,11-12H2,1H3,(H,25,26). The van der Waals surface area contributed by atoms with Crippen LogP contribution in [0.2, 0.25) is 0 Å². The number of sulfone groups is 1. The Labute approximate surface area is 179 Å². The fraction of sp³-hybridized carbons (Fsp3) is 0.364. The highest BCUT2D eigenvalue weighted by molar-refractivity contribution is 7.92. The number of rotatable bonds is 5. The smallest absolute Gasteiger partial charge is 0.261 e. The third kappa shape index (κ3) is 4.25. The number of amides is 1. The molecular formula is C22H23FN2O3S2. The summed E-state index contributed by atoms with van der Waals surface area (Å²) in [6, 6.07) is 10.2. The largest absolute Gasteiger partial charge is 0.347 e. The predicted octanol–water partition coefficient (Wildman–Crippen LogP) is 4.53. The number of hydrogen-bond donors (Lipinski definition) is 1. The van der Waals surface area contributed by atoms with E-state index in [0.717, 1.165) is 15.6 Å². The second-order valence-corrected chi connectivity index (χ2v) is 11.1. The van der Waals surface area contributed by atoms with Gasteiger partial charge in [0.05, 0.1) is 19.7 Å². The molecule has 3 aromatic rings. The number of pyridine rings is 1. The molecule has 2 aromatic heterocycles. The highest BCUT2D eigenvalue weighted by Gasteiger charge is 2.37. The monoisotopic (exact) mass is 446 g/mol. The Morgan fingerprint density at radius 2 is 2.00 bits per heavy atom. The zero-order chi connectivity index (χ0) is 21.3. The number of halogens is 1. The van der Waals surface area contributed by atoms with Crippen molar-refractivity contribution in [1.82, 2.24) is 10.3 Å². The Balaban J connectivity index is 1.42. The summed E-state index contributed by atoms with van der Waals surface area (Å²) < 4.78 is 40.6. The molecule has 0 spiro atoms. The van der Waals surface area contributed by atoms with Crippen LogP contribution in [0.25, 0.3) is 10.1 Å². The van der Waals surface area contributed by atoms with Crippen molar-refractivity contribution in [2.75, 3.05) is 0 Å². The van der Waals surface area contributed by atoms with E-state index in [1.807, 2.05) is 19.1 Å². The van der Waals surface area contributed by atoms with Crippen LogP contribution in [0.3, 0.4) is 0 Å². The fourth-order valence-corrected chi connectivity index (χ4v) is 6.92. The molecule has 0 saturated heterocycles. The van der Waals surface area contributed by atoms with Crippen molar-refractivity contribution in [3.63, 3.8) is 0 Å². The van der Waals surface area contributed by atoms with Gasteiger partial charge in [0.1, 0.15) is 6.17 Å². The first kappa shape index (κ1) is 20.9. The number of carbonyl (C=O) groups excluding carboxylic acids is 1. The zero-order valence-electron chi connectivity index (χ0n) is 16.5. The van der Waals surface area contributed by atoms with Crippen molar-refractivity contribution in [3.05, 3.63) is 59.2 Å². The van der Waals surface area contributed by atoms with Gasteiger partial charge in [0.2, 0.25) is 0 Å². The molecule has 0 aliphatic heterocycles. The van der Waals surface area contributed by atoms with Crippen molar-refractivity contribution < 1.29 is 17.6 Å². The van der Waals surface area contributed by atoms with Crippen LogP contribution in [0, 0.1) is 5.92 Å². The van der Waals surface area contributed by atoms with E-state index < -0.39 is 21.3 Å². The molecule has 1 N–H and O–H groups in total. The number of thiophene rings is 1. The molecule has 1 fully saturated rings. The maximum Gasteiger partial charge on any atom is 0.261 e. The van der Waals surface area contributed by atoms with Crippen molar-refractivity contribution in [1.29, 1.82) is 0 Å². The molecule has 158 valence electrons. The average Bonchev–Trinajstić information content (AvgIpc) is 3.18. The lowest BCUT2D eigenvalue weighted by Crippen LogP contribution is -2.35. The molecule has 3 unspecified atom stereocenters. The minimum atomic E-state index is -3.58. The lowest BCUT2D eigenvalue weighted by Gasteiger charge is -2.30. The lowest BCUT2D eigenvalue weighted by molar-refractivity contribution is 0.0955. The molecule has 3 atom stereocenters. The van der Waals surface area contributed by atoms with Gasteiger partial charge in [0.15, 0.2) is 9.84 Å². The first-order valence-corrected chi connectivity index (χ1v) is 12.3. The van der Waals surface area contributed by atoms with Crippen LogP contribution in [-0.2, 0) is 16.4 Å². The SMILES string of the molecule is CC1CCC(F)CC1S(=O)(=O)c1ccc(CNC(=O)c2cc3ccncc3s2)cc1. The predicted molar refractivity (Wildman–Crippen MR) is 116 cm³/mol. The summed E-state index contributed by atoms with van der Waals surface area (Å²) in [6.07, 6.45) is 3.44. The number of alkyl halides is 1. The molecule has 1 amide bonds. The van der Waals surface area contributed by atoms with Gasteiger partial charge in [-0.15, -0.1) is 11.3 Å². The molecule has 0 bridgehead atoms. The van der Waals surface area contributed by atoms with Gasteiger partial charge in [0, 0.05) is 18.9 Å². The summed E-state index contributed by atoms with van der Waals surface area (Å²) in [5.74, 6) is -0.240. The van der Waals surface area contributed by atoms with Gasteiger partial charge in [-0.2, -0.15) is 0 Å².